The third-order valence-corrected chi connectivity index (χ3v) is 6.87. The third kappa shape index (κ3) is 3.70. The lowest BCUT2D eigenvalue weighted by Crippen LogP contribution is -2.46. The molecule has 4 aliphatic rings. The Labute approximate surface area is 191 Å². The number of ketones is 2. The molecule has 0 radical (unpaired) electrons. The van der Waals surface area contributed by atoms with Gasteiger partial charge in [0.05, 0.1) is 5.92 Å². The summed E-state index contributed by atoms with van der Waals surface area (Å²) in [6.45, 7) is 9.01. The van der Waals surface area contributed by atoms with Crippen molar-refractivity contribution in [2.45, 2.75) is 46.5 Å². The summed E-state index contributed by atoms with van der Waals surface area (Å²) in [6.07, 6.45) is 9.54. The fourth-order valence-corrected chi connectivity index (χ4v) is 5.57. The van der Waals surface area contributed by atoms with Crippen LogP contribution in [0.3, 0.4) is 0 Å². The van der Waals surface area contributed by atoms with Crippen LogP contribution in [0.25, 0.3) is 0 Å². The number of nitrogens with zero attached hydrogens (tertiary/aromatic N) is 4. The van der Waals surface area contributed by atoms with E-state index in [0.29, 0.717) is 0 Å². The topological polar surface area (TPSA) is 46.6 Å². The predicted octanol–water partition coefficient (Wildman–Crippen LogP) is 2.72. The van der Waals surface area contributed by atoms with Gasteiger partial charge >= 0.3 is 0 Å². The maximum Gasteiger partial charge on any atom is 0.203 e. The zero-order valence-electron chi connectivity index (χ0n) is 20.4. The lowest BCUT2D eigenvalue weighted by molar-refractivity contribution is -0.486. The number of carbonyl (C=O) groups is 2. The lowest BCUT2D eigenvalue weighted by atomic mass is 9.77. The van der Waals surface area contributed by atoms with Gasteiger partial charge in [0.25, 0.3) is 0 Å². The van der Waals surface area contributed by atoms with Gasteiger partial charge in [0, 0.05) is 71.0 Å². The largest absolute Gasteiger partial charge is 0.383 e. The highest BCUT2D eigenvalue weighted by molar-refractivity contribution is 6.31. The molecule has 0 spiro atoms. The molecule has 0 bridgehead atoms. The quantitative estimate of drug-likeness (QED) is 0.455. The van der Waals surface area contributed by atoms with E-state index in [4.69, 9.17) is 0 Å². The van der Waals surface area contributed by atoms with Gasteiger partial charge in [-0.3, -0.25) is 9.59 Å². The smallest absolute Gasteiger partial charge is 0.203 e. The Morgan fingerprint density at radius 2 is 1.81 bits per heavy atom. The Balaban J connectivity index is 1.53. The first-order chi connectivity index (χ1) is 15.3. The number of fused-ring (bicyclic) bond motifs is 2. The Hall–Kier alpha value is -2.76. The van der Waals surface area contributed by atoms with Gasteiger partial charge in [-0.1, -0.05) is 6.92 Å². The van der Waals surface area contributed by atoms with Crippen molar-refractivity contribution in [3.05, 3.63) is 46.6 Å². The zero-order chi connectivity index (χ0) is 23.2. The molecule has 1 atom stereocenters. The van der Waals surface area contributed by atoms with Crippen LogP contribution in [0.1, 0.15) is 46.5 Å². The van der Waals surface area contributed by atoms with Crippen LogP contribution in [-0.4, -0.2) is 82.7 Å². The molecule has 2 aliphatic carbocycles. The average molecular weight is 437 g/mol. The van der Waals surface area contributed by atoms with E-state index >= 15 is 0 Å². The fourth-order valence-electron chi connectivity index (χ4n) is 5.57. The molecule has 2 fully saturated rings. The molecule has 170 valence electrons. The molecule has 4 rings (SSSR count). The van der Waals surface area contributed by atoms with Crippen molar-refractivity contribution < 1.29 is 18.7 Å². The molecule has 1 unspecified atom stereocenters. The second-order valence-corrected chi connectivity index (χ2v) is 9.54. The fraction of sp³-hybridized carbons (Fsp3) is 0.538. The zero-order valence-corrected chi connectivity index (χ0v) is 20.4. The summed E-state index contributed by atoms with van der Waals surface area (Å²) in [7, 11) is 5.97. The second kappa shape index (κ2) is 8.64. The molecule has 2 saturated carbocycles. The Kier molecular flexibility index (Phi) is 6.06. The van der Waals surface area contributed by atoms with E-state index in [2.05, 4.69) is 34.9 Å². The Morgan fingerprint density at radius 3 is 2.47 bits per heavy atom. The normalized spacial score (nSPS) is 25.1. The van der Waals surface area contributed by atoms with Gasteiger partial charge in [-0.05, 0) is 19.8 Å². The molecule has 0 N–H and O–H groups in total. The van der Waals surface area contributed by atoms with Crippen LogP contribution < -0.4 is 0 Å². The van der Waals surface area contributed by atoms with Crippen molar-refractivity contribution in [3.8, 4) is 0 Å². The summed E-state index contributed by atoms with van der Waals surface area (Å²) in [6, 6.07) is 0. The number of rotatable bonds is 7. The maximum absolute atomic E-state index is 13.1. The van der Waals surface area contributed by atoms with E-state index < -0.39 is 0 Å². The van der Waals surface area contributed by atoms with Gasteiger partial charge in [-0.2, -0.15) is 4.58 Å². The van der Waals surface area contributed by atoms with E-state index in [-0.39, 0.29) is 17.5 Å². The van der Waals surface area contributed by atoms with E-state index in [1.165, 1.54) is 11.4 Å². The van der Waals surface area contributed by atoms with Gasteiger partial charge in [-0.15, -0.1) is 0 Å². The second-order valence-electron chi connectivity index (χ2n) is 9.54. The first-order valence-electron chi connectivity index (χ1n) is 11.8. The summed E-state index contributed by atoms with van der Waals surface area (Å²) in [5.41, 5.74) is 7.08. The third-order valence-electron chi connectivity index (χ3n) is 6.87. The molecule has 2 aliphatic heterocycles. The number of hydrogen-bond acceptors (Lipinski definition) is 4. The first-order valence-corrected chi connectivity index (χ1v) is 11.8. The van der Waals surface area contributed by atoms with Crippen molar-refractivity contribution in [2.24, 2.45) is 5.92 Å². The molecular weight excluding hydrogens is 400 g/mol. The Morgan fingerprint density at radius 1 is 1.06 bits per heavy atom. The highest BCUT2D eigenvalue weighted by atomic mass is 16.1. The van der Waals surface area contributed by atoms with Crippen LogP contribution in [0, 0.1) is 5.92 Å². The van der Waals surface area contributed by atoms with Gasteiger partial charge in [0.2, 0.25) is 17.3 Å². The summed E-state index contributed by atoms with van der Waals surface area (Å²) >= 11 is 0. The van der Waals surface area contributed by atoms with Crippen LogP contribution in [0.15, 0.2) is 46.6 Å². The van der Waals surface area contributed by atoms with Crippen LogP contribution in [0.5, 0.6) is 0 Å². The summed E-state index contributed by atoms with van der Waals surface area (Å²) in [5.74, 6) is 0.599. The SMILES string of the molecule is CCC[N+]1=C2C(=C1)C(=O)C(=CN(C)C)CC2CN(C)C=C1CCC2=[N+](CC)C(C)=C2C1=O. The van der Waals surface area contributed by atoms with Crippen molar-refractivity contribution in [2.75, 3.05) is 40.8 Å². The van der Waals surface area contributed by atoms with Crippen LogP contribution in [0.2, 0.25) is 0 Å². The van der Waals surface area contributed by atoms with Crippen LogP contribution >= 0.6 is 0 Å². The van der Waals surface area contributed by atoms with E-state index in [1.54, 1.807) is 0 Å². The van der Waals surface area contributed by atoms with Crippen LogP contribution in [0.4, 0.5) is 0 Å². The molecule has 6 nitrogen and oxygen atoms in total. The van der Waals surface area contributed by atoms with E-state index in [0.717, 1.165) is 73.3 Å². The molecule has 0 aromatic rings. The molecule has 32 heavy (non-hydrogen) atoms. The monoisotopic (exact) mass is 436 g/mol. The number of hydrogen-bond donors (Lipinski definition) is 0. The highest BCUT2D eigenvalue weighted by Gasteiger charge is 2.47. The lowest BCUT2D eigenvalue weighted by Gasteiger charge is -2.32. The molecule has 2 heterocycles. The average Bonchev–Trinajstić information content (AvgIpc) is 2.70. The molecule has 0 amide bonds. The molecule has 6 heteroatoms. The number of carbonyl (C=O) groups excluding carboxylic acids is 2. The minimum Gasteiger partial charge on any atom is -0.383 e. The van der Waals surface area contributed by atoms with Crippen molar-refractivity contribution in [3.63, 3.8) is 0 Å². The standard InChI is InChI=1S/C26H36N4O2/c1-7-11-29-16-21-24(29)19(12-20(25(21)31)13-27(4)5)15-28(6)14-18-9-10-22-23(26(18)32)17(3)30(22)8-2/h13-14,16,19H,7-12,15H2,1-6H3/q+2. The maximum atomic E-state index is 13.1. The van der Waals surface area contributed by atoms with Crippen molar-refractivity contribution in [1.82, 2.24) is 9.80 Å². The van der Waals surface area contributed by atoms with Gasteiger partial charge in [-0.25, -0.2) is 4.58 Å². The van der Waals surface area contributed by atoms with Crippen LogP contribution in [-0.2, 0) is 9.59 Å². The molecular formula is C26H36N4O2+2. The molecule has 0 aromatic carbocycles. The number of allylic oxidation sites excluding steroid dienone is 5. The molecule has 0 aromatic heterocycles. The van der Waals surface area contributed by atoms with Gasteiger partial charge in [0.1, 0.15) is 13.1 Å². The number of Topliss-reactive ketones (excluding diaryl/α,β-unsaturated/α-hetero) is 2. The van der Waals surface area contributed by atoms with E-state index in [1.807, 2.05) is 44.5 Å². The summed E-state index contributed by atoms with van der Waals surface area (Å²) in [5, 5.41) is 0. The molecule has 0 saturated heterocycles. The Bertz CT molecular complexity index is 1070. The first kappa shape index (κ1) is 22.4. The van der Waals surface area contributed by atoms with Gasteiger partial charge < -0.3 is 9.80 Å². The predicted molar refractivity (Wildman–Crippen MR) is 127 cm³/mol. The van der Waals surface area contributed by atoms with Crippen molar-refractivity contribution in [1.29, 1.82) is 0 Å². The summed E-state index contributed by atoms with van der Waals surface area (Å²) in [4.78, 5) is 30.1. The summed E-state index contributed by atoms with van der Waals surface area (Å²) < 4.78 is 4.51. The highest BCUT2D eigenvalue weighted by Crippen LogP contribution is 2.34. The minimum absolute atomic E-state index is 0.164. The van der Waals surface area contributed by atoms with Crippen molar-refractivity contribution >= 4 is 23.0 Å². The van der Waals surface area contributed by atoms with Gasteiger partial charge in [0.15, 0.2) is 28.8 Å². The minimum atomic E-state index is 0.164. The van der Waals surface area contributed by atoms with E-state index in [9.17, 15) is 9.59 Å².